The summed E-state index contributed by atoms with van der Waals surface area (Å²) in [4.78, 5) is 0. The summed E-state index contributed by atoms with van der Waals surface area (Å²) in [6.45, 7) is 0. The molecule has 0 saturated carbocycles. The van der Waals surface area contributed by atoms with E-state index >= 15 is 0 Å². The van der Waals surface area contributed by atoms with E-state index in [2.05, 4.69) is 0 Å². The smallest absolute Gasteiger partial charge is 0.161 e. The van der Waals surface area contributed by atoms with Crippen molar-refractivity contribution in [3.63, 3.8) is 0 Å². The summed E-state index contributed by atoms with van der Waals surface area (Å²) >= 11 is 0. The molecule has 0 amide bonds. The number of ether oxygens (including phenoxy) is 2. The molecule has 0 aromatic heterocycles. The predicted octanol–water partition coefficient (Wildman–Crippen LogP) is 2.90. The van der Waals surface area contributed by atoms with Gasteiger partial charge in [0.25, 0.3) is 0 Å². The zero-order valence-electron chi connectivity index (χ0n) is 9.25. The molecule has 2 rings (SSSR count). The number of hydrogen-bond donors (Lipinski definition) is 2. The highest BCUT2D eigenvalue weighted by molar-refractivity contribution is 5.45. The molecule has 4 nitrogen and oxygen atoms in total. The minimum Gasteiger partial charge on any atom is -0.504 e. The number of hydrogen-bond acceptors (Lipinski definition) is 4. The van der Waals surface area contributed by atoms with E-state index < -0.39 is 0 Å². The van der Waals surface area contributed by atoms with E-state index in [1.807, 2.05) is 0 Å². The molecule has 4 heteroatoms. The SMILES string of the molecule is COc1cccc(Oc2ccc(O)c(O)c2)c1. The van der Waals surface area contributed by atoms with E-state index in [-0.39, 0.29) is 11.5 Å². The summed E-state index contributed by atoms with van der Waals surface area (Å²) in [5.74, 6) is 1.32. The largest absolute Gasteiger partial charge is 0.504 e. The van der Waals surface area contributed by atoms with Crippen LogP contribution in [0.3, 0.4) is 0 Å². The molecule has 0 atom stereocenters. The van der Waals surface area contributed by atoms with Gasteiger partial charge in [-0.1, -0.05) is 6.07 Å². The normalized spacial score (nSPS) is 9.94. The van der Waals surface area contributed by atoms with Crippen LogP contribution in [0.5, 0.6) is 28.7 Å². The van der Waals surface area contributed by atoms with Crippen LogP contribution in [-0.2, 0) is 0 Å². The number of phenolic OH excluding ortho intramolecular Hbond substituents is 2. The Morgan fingerprint density at radius 3 is 2.24 bits per heavy atom. The van der Waals surface area contributed by atoms with Crippen LogP contribution in [-0.4, -0.2) is 17.3 Å². The molecular weight excluding hydrogens is 220 g/mol. The van der Waals surface area contributed by atoms with E-state index in [4.69, 9.17) is 14.6 Å². The van der Waals surface area contributed by atoms with Gasteiger partial charge in [0.05, 0.1) is 7.11 Å². The molecule has 0 bridgehead atoms. The summed E-state index contributed by atoms with van der Waals surface area (Å²) in [5, 5.41) is 18.5. The average Bonchev–Trinajstić information content (AvgIpc) is 2.34. The molecule has 0 aliphatic rings. The van der Waals surface area contributed by atoms with Gasteiger partial charge in [0.2, 0.25) is 0 Å². The molecule has 2 aromatic carbocycles. The summed E-state index contributed by atoms with van der Waals surface area (Å²) in [6.07, 6.45) is 0. The second-order valence-electron chi connectivity index (χ2n) is 3.43. The molecule has 0 radical (unpaired) electrons. The number of aromatic hydroxyl groups is 2. The third-order valence-electron chi connectivity index (χ3n) is 2.22. The van der Waals surface area contributed by atoms with Crippen molar-refractivity contribution in [2.45, 2.75) is 0 Å². The Balaban J connectivity index is 2.22. The third kappa shape index (κ3) is 2.60. The first-order valence-corrected chi connectivity index (χ1v) is 5.03. The first kappa shape index (κ1) is 11.1. The Bertz CT molecular complexity index is 523. The topological polar surface area (TPSA) is 58.9 Å². The van der Waals surface area contributed by atoms with Crippen LogP contribution in [0.25, 0.3) is 0 Å². The van der Waals surface area contributed by atoms with Crippen LogP contribution >= 0.6 is 0 Å². The minimum atomic E-state index is -0.217. The molecule has 0 spiro atoms. The lowest BCUT2D eigenvalue weighted by Gasteiger charge is -2.07. The molecule has 88 valence electrons. The first-order valence-electron chi connectivity index (χ1n) is 5.03. The van der Waals surface area contributed by atoms with Crippen molar-refractivity contribution in [3.05, 3.63) is 42.5 Å². The fourth-order valence-corrected chi connectivity index (χ4v) is 1.37. The maximum absolute atomic E-state index is 9.32. The Morgan fingerprint density at radius 2 is 1.53 bits per heavy atom. The molecule has 0 aliphatic carbocycles. The van der Waals surface area contributed by atoms with Gasteiger partial charge < -0.3 is 19.7 Å². The van der Waals surface area contributed by atoms with Crippen molar-refractivity contribution in [2.75, 3.05) is 7.11 Å². The quantitative estimate of drug-likeness (QED) is 0.799. The van der Waals surface area contributed by atoms with Gasteiger partial charge >= 0.3 is 0 Å². The van der Waals surface area contributed by atoms with E-state index in [9.17, 15) is 5.11 Å². The van der Waals surface area contributed by atoms with Gasteiger partial charge in [0.1, 0.15) is 17.2 Å². The zero-order valence-corrected chi connectivity index (χ0v) is 9.25. The highest BCUT2D eigenvalue weighted by Crippen LogP contribution is 2.32. The lowest BCUT2D eigenvalue weighted by atomic mass is 10.3. The van der Waals surface area contributed by atoms with Gasteiger partial charge in [0.15, 0.2) is 11.5 Å². The fourth-order valence-electron chi connectivity index (χ4n) is 1.37. The lowest BCUT2D eigenvalue weighted by Crippen LogP contribution is -1.86. The van der Waals surface area contributed by atoms with Crippen molar-refractivity contribution >= 4 is 0 Å². The lowest BCUT2D eigenvalue weighted by molar-refractivity contribution is 0.396. The minimum absolute atomic E-state index is 0.178. The molecule has 2 aromatic rings. The number of benzene rings is 2. The molecule has 0 heterocycles. The van der Waals surface area contributed by atoms with Crippen molar-refractivity contribution in [2.24, 2.45) is 0 Å². The molecule has 0 fully saturated rings. The first-order chi connectivity index (χ1) is 8.19. The second kappa shape index (κ2) is 4.65. The Hall–Kier alpha value is -2.36. The summed E-state index contributed by atoms with van der Waals surface area (Å²) in [7, 11) is 1.57. The van der Waals surface area contributed by atoms with Gasteiger partial charge in [-0.15, -0.1) is 0 Å². The van der Waals surface area contributed by atoms with E-state index in [1.54, 1.807) is 37.4 Å². The molecular formula is C13H12O4. The monoisotopic (exact) mass is 232 g/mol. The van der Waals surface area contributed by atoms with Crippen LogP contribution < -0.4 is 9.47 Å². The number of phenols is 2. The van der Waals surface area contributed by atoms with Crippen LogP contribution in [0.1, 0.15) is 0 Å². The molecule has 0 saturated heterocycles. The predicted molar refractivity (Wildman–Crippen MR) is 62.8 cm³/mol. The summed E-state index contributed by atoms with van der Waals surface area (Å²) in [5.41, 5.74) is 0. The zero-order chi connectivity index (χ0) is 12.3. The van der Waals surface area contributed by atoms with Gasteiger partial charge in [0, 0.05) is 12.1 Å². The average molecular weight is 232 g/mol. The number of methoxy groups -OCH3 is 1. The highest BCUT2D eigenvalue weighted by Gasteiger charge is 2.03. The van der Waals surface area contributed by atoms with Crippen molar-refractivity contribution < 1.29 is 19.7 Å². The molecule has 2 N–H and O–H groups in total. The second-order valence-corrected chi connectivity index (χ2v) is 3.43. The van der Waals surface area contributed by atoms with Gasteiger partial charge in [-0.2, -0.15) is 0 Å². The van der Waals surface area contributed by atoms with E-state index in [0.717, 1.165) is 0 Å². The maximum Gasteiger partial charge on any atom is 0.161 e. The van der Waals surface area contributed by atoms with Crippen molar-refractivity contribution in [1.29, 1.82) is 0 Å². The summed E-state index contributed by atoms with van der Waals surface area (Å²) < 4.78 is 10.6. The summed E-state index contributed by atoms with van der Waals surface area (Å²) in [6, 6.07) is 11.4. The highest BCUT2D eigenvalue weighted by atomic mass is 16.5. The fraction of sp³-hybridized carbons (Fsp3) is 0.0769. The van der Waals surface area contributed by atoms with E-state index in [1.165, 1.54) is 12.1 Å². The van der Waals surface area contributed by atoms with Crippen LogP contribution in [0.4, 0.5) is 0 Å². The van der Waals surface area contributed by atoms with Crippen molar-refractivity contribution in [3.8, 4) is 28.7 Å². The van der Waals surface area contributed by atoms with Crippen molar-refractivity contribution in [1.82, 2.24) is 0 Å². The van der Waals surface area contributed by atoms with Crippen LogP contribution in [0.15, 0.2) is 42.5 Å². The molecule has 0 aliphatic heterocycles. The Morgan fingerprint density at radius 1 is 0.824 bits per heavy atom. The van der Waals surface area contributed by atoms with E-state index in [0.29, 0.717) is 17.2 Å². The molecule has 0 unspecified atom stereocenters. The van der Waals surface area contributed by atoms with Gasteiger partial charge in [-0.05, 0) is 24.3 Å². The van der Waals surface area contributed by atoms with Gasteiger partial charge in [-0.25, -0.2) is 0 Å². The van der Waals surface area contributed by atoms with Crippen LogP contribution in [0, 0.1) is 0 Å². The maximum atomic E-state index is 9.32. The molecule has 17 heavy (non-hydrogen) atoms. The Labute approximate surface area is 98.7 Å². The standard InChI is InChI=1S/C13H12O4/c1-16-9-3-2-4-10(7-9)17-11-5-6-12(14)13(15)8-11/h2-8,14-15H,1H3. The Kier molecular flexibility index (Phi) is 3.05. The number of rotatable bonds is 3. The third-order valence-corrected chi connectivity index (χ3v) is 2.22. The van der Waals surface area contributed by atoms with Gasteiger partial charge in [-0.3, -0.25) is 0 Å². The van der Waals surface area contributed by atoms with Crippen LogP contribution in [0.2, 0.25) is 0 Å².